The van der Waals surface area contributed by atoms with E-state index in [0.717, 1.165) is 0 Å². The average molecular weight is 372 g/mol. The van der Waals surface area contributed by atoms with Crippen LogP contribution < -0.4 is 15.6 Å². The predicted molar refractivity (Wildman–Crippen MR) is 96.3 cm³/mol. The van der Waals surface area contributed by atoms with Gasteiger partial charge in [0.1, 0.15) is 0 Å². The van der Waals surface area contributed by atoms with Gasteiger partial charge in [-0.25, -0.2) is 18.1 Å². The Balaban J connectivity index is 1.60. The SMILES string of the molecule is O=C(NCCNS(=O)(=O)c1ccccc1)c1nc2ccccc2c(=O)[nH]1. The second-order valence-electron chi connectivity index (χ2n) is 5.40. The van der Waals surface area contributed by atoms with E-state index in [0.29, 0.717) is 10.9 Å². The van der Waals surface area contributed by atoms with Gasteiger partial charge in [0.25, 0.3) is 11.5 Å². The maximum Gasteiger partial charge on any atom is 0.287 e. The third kappa shape index (κ3) is 3.95. The molecule has 8 nitrogen and oxygen atoms in total. The van der Waals surface area contributed by atoms with Crippen molar-refractivity contribution in [3.63, 3.8) is 0 Å². The fourth-order valence-electron chi connectivity index (χ4n) is 2.32. The lowest BCUT2D eigenvalue weighted by Crippen LogP contribution is -2.36. The summed E-state index contributed by atoms with van der Waals surface area (Å²) in [4.78, 5) is 30.7. The monoisotopic (exact) mass is 372 g/mol. The highest BCUT2D eigenvalue weighted by Crippen LogP contribution is 2.07. The van der Waals surface area contributed by atoms with Gasteiger partial charge in [-0.3, -0.25) is 9.59 Å². The van der Waals surface area contributed by atoms with Gasteiger partial charge < -0.3 is 10.3 Å². The molecule has 3 aromatic rings. The number of fused-ring (bicyclic) bond motifs is 1. The van der Waals surface area contributed by atoms with Gasteiger partial charge in [-0.05, 0) is 24.3 Å². The molecule has 0 aliphatic carbocycles. The molecule has 0 radical (unpaired) electrons. The first-order valence-electron chi connectivity index (χ1n) is 7.79. The van der Waals surface area contributed by atoms with Crippen molar-refractivity contribution in [2.24, 2.45) is 0 Å². The normalized spacial score (nSPS) is 11.4. The molecule has 0 saturated carbocycles. The van der Waals surface area contributed by atoms with Gasteiger partial charge in [0.05, 0.1) is 15.8 Å². The largest absolute Gasteiger partial charge is 0.348 e. The van der Waals surface area contributed by atoms with Crippen molar-refractivity contribution >= 4 is 26.8 Å². The number of sulfonamides is 1. The minimum Gasteiger partial charge on any atom is -0.348 e. The summed E-state index contributed by atoms with van der Waals surface area (Å²) in [5.41, 5.74) is -0.00305. The number of hydrogen-bond acceptors (Lipinski definition) is 5. The zero-order chi connectivity index (χ0) is 18.6. The topological polar surface area (TPSA) is 121 Å². The molecule has 0 saturated heterocycles. The minimum absolute atomic E-state index is 0.000775. The first-order valence-corrected chi connectivity index (χ1v) is 9.28. The van der Waals surface area contributed by atoms with E-state index in [1.807, 2.05) is 0 Å². The average Bonchev–Trinajstić information content (AvgIpc) is 2.66. The summed E-state index contributed by atoms with van der Waals surface area (Å²) in [6.45, 7) is 0.0439. The number of H-pyrrole nitrogens is 1. The van der Waals surface area contributed by atoms with Crippen molar-refractivity contribution < 1.29 is 13.2 Å². The number of benzene rings is 2. The van der Waals surface area contributed by atoms with E-state index in [1.54, 1.807) is 42.5 Å². The predicted octanol–water partition coefficient (Wildman–Crippen LogP) is 0.631. The standard InChI is InChI=1S/C17H16N4O4S/c22-16-13-8-4-5-9-14(13)20-15(21-16)17(23)18-10-11-19-26(24,25)12-6-2-1-3-7-12/h1-9,19H,10-11H2,(H,18,23)(H,20,21,22). The molecule has 3 rings (SSSR count). The van der Waals surface area contributed by atoms with Gasteiger partial charge >= 0.3 is 0 Å². The molecule has 3 N–H and O–H groups in total. The Bertz CT molecular complexity index is 1090. The van der Waals surface area contributed by atoms with Crippen molar-refractivity contribution in [1.82, 2.24) is 20.0 Å². The van der Waals surface area contributed by atoms with Gasteiger partial charge in [-0.15, -0.1) is 0 Å². The molecule has 2 aromatic carbocycles. The molecular formula is C17H16N4O4S. The highest BCUT2D eigenvalue weighted by Gasteiger charge is 2.14. The molecule has 1 heterocycles. The molecule has 0 spiro atoms. The number of hydrogen-bond donors (Lipinski definition) is 3. The molecule has 1 amide bonds. The van der Waals surface area contributed by atoms with E-state index in [1.165, 1.54) is 12.1 Å². The molecule has 0 bridgehead atoms. The van der Waals surface area contributed by atoms with Crippen LogP contribution in [-0.2, 0) is 10.0 Å². The number of rotatable bonds is 6. The van der Waals surface area contributed by atoms with Crippen molar-refractivity contribution in [3.8, 4) is 0 Å². The first kappa shape index (κ1) is 17.8. The first-order chi connectivity index (χ1) is 12.5. The highest BCUT2D eigenvalue weighted by molar-refractivity contribution is 7.89. The number of amides is 1. The molecule has 134 valence electrons. The van der Waals surface area contributed by atoms with Crippen molar-refractivity contribution in [3.05, 3.63) is 70.8 Å². The van der Waals surface area contributed by atoms with Crippen LogP contribution in [0.3, 0.4) is 0 Å². The molecule has 0 atom stereocenters. The number of aromatic nitrogens is 2. The number of carbonyl (C=O) groups is 1. The summed E-state index contributed by atoms with van der Waals surface area (Å²) < 4.78 is 26.5. The van der Waals surface area contributed by atoms with Crippen molar-refractivity contribution in [1.29, 1.82) is 0 Å². The van der Waals surface area contributed by atoms with Crippen LogP contribution in [0.5, 0.6) is 0 Å². The number of para-hydroxylation sites is 1. The van der Waals surface area contributed by atoms with E-state index < -0.39 is 21.5 Å². The molecule has 0 unspecified atom stereocenters. The molecule has 1 aromatic heterocycles. The zero-order valence-electron chi connectivity index (χ0n) is 13.6. The lowest BCUT2D eigenvalue weighted by Gasteiger charge is -2.08. The number of carbonyl (C=O) groups excluding carboxylic acids is 1. The summed E-state index contributed by atoms with van der Waals surface area (Å²) in [5.74, 6) is -0.716. The van der Waals surface area contributed by atoms with E-state index in [9.17, 15) is 18.0 Å². The van der Waals surface area contributed by atoms with Crippen LogP contribution in [0.1, 0.15) is 10.6 Å². The van der Waals surface area contributed by atoms with Gasteiger partial charge in [-0.1, -0.05) is 30.3 Å². The van der Waals surface area contributed by atoms with Crippen LogP contribution in [0.15, 0.2) is 64.3 Å². The number of aromatic amines is 1. The Hall–Kier alpha value is -3.04. The number of nitrogens with zero attached hydrogens (tertiary/aromatic N) is 1. The van der Waals surface area contributed by atoms with Crippen LogP contribution in [0.2, 0.25) is 0 Å². The summed E-state index contributed by atoms with van der Waals surface area (Å²) >= 11 is 0. The molecule has 9 heteroatoms. The van der Waals surface area contributed by atoms with Gasteiger partial charge in [-0.2, -0.15) is 0 Å². The minimum atomic E-state index is -3.63. The van der Waals surface area contributed by atoms with E-state index in [2.05, 4.69) is 20.0 Å². The third-order valence-electron chi connectivity index (χ3n) is 3.58. The number of nitrogens with one attached hydrogen (secondary N) is 3. The van der Waals surface area contributed by atoms with Gasteiger partial charge in [0.15, 0.2) is 5.82 Å². The van der Waals surface area contributed by atoms with Crippen molar-refractivity contribution in [2.45, 2.75) is 4.90 Å². The third-order valence-corrected chi connectivity index (χ3v) is 5.06. The lowest BCUT2D eigenvalue weighted by atomic mass is 10.2. The molecule has 0 fully saturated rings. The maximum absolute atomic E-state index is 12.1. The smallest absolute Gasteiger partial charge is 0.287 e. The Labute approximate surface area is 149 Å². The fraction of sp³-hybridized carbons (Fsp3) is 0.118. The van der Waals surface area contributed by atoms with Crippen LogP contribution in [0, 0.1) is 0 Å². The molecular weight excluding hydrogens is 356 g/mol. The van der Waals surface area contributed by atoms with E-state index >= 15 is 0 Å². The molecule has 0 aliphatic rings. The highest BCUT2D eigenvalue weighted by atomic mass is 32.2. The Morgan fingerprint density at radius 2 is 1.69 bits per heavy atom. The van der Waals surface area contributed by atoms with Gasteiger partial charge in [0, 0.05) is 13.1 Å². The summed E-state index contributed by atoms with van der Waals surface area (Å²) in [7, 11) is -3.63. The second kappa shape index (κ2) is 7.46. The lowest BCUT2D eigenvalue weighted by molar-refractivity contribution is 0.0944. The van der Waals surface area contributed by atoms with E-state index in [4.69, 9.17) is 0 Å². The van der Waals surface area contributed by atoms with Crippen LogP contribution >= 0.6 is 0 Å². The maximum atomic E-state index is 12.1. The van der Waals surface area contributed by atoms with Crippen LogP contribution in [-0.4, -0.2) is 37.4 Å². The summed E-state index contributed by atoms with van der Waals surface area (Å²) in [6.07, 6.45) is 0. The van der Waals surface area contributed by atoms with E-state index in [-0.39, 0.29) is 23.8 Å². The Morgan fingerprint density at radius 3 is 2.46 bits per heavy atom. The second-order valence-corrected chi connectivity index (χ2v) is 7.17. The van der Waals surface area contributed by atoms with Gasteiger partial charge in [0.2, 0.25) is 10.0 Å². The Morgan fingerprint density at radius 1 is 1.00 bits per heavy atom. The fourth-order valence-corrected chi connectivity index (χ4v) is 3.37. The molecule has 26 heavy (non-hydrogen) atoms. The summed E-state index contributed by atoms with van der Waals surface area (Å²) in [6, 6.07) is 14.6. The quantitative estimate of drug-likeness (QED) is 0.548. The Kier molecular flexibility index (Phi) is 5.10. The van der Waals surface area contributed by atoms with Crippen LogP contribution in [0.25, 0.3) is 10.9 Å². The van der Waals surface area contributed by atoms with Crippen LogP contribution in [0.4, 0.5) is 0 Å². The zero-order valence-corrected chi connectivity index (χ0v) is 14.4. The van der Waals surface area contributed by atoms with Crippen molar-refractivity contribution in [2.75, 3.05) is 13.1 Å². The summed E-state index contributed by atoms with van der Waals surface area (Å²) in [5, 5.41) is 2.90. The molecule has 0 aliphatic heterocycles.